The van der Waals surface area contributed by atoms with Crippen LogP contribution in [0.3, 0.4) is 0 Å². The highest BCUT2D eigenvalue weighted by atomic mass is 35.5. The van der Waals surface area contributed by atoms with Gasteiger partial charge in [0.05, 0.1) is 32.5 Å². The summed E-state index contributed by atoms with van der Waals surface area (Å²) in [6.45, 7) is 0. The molecule has 0 spiro atoms. The van der Waals surface area contributed by atoms with E-state index in [9.17, 15) is 0 Å². The van der Waals surface area contributed by atoms with Crippen LogP contribution in [0.1, 0.15) is 25.3 Å². The summed E-state index contributed by atoms with van der Waals surface area (Å²) in [6.07, 6.45) is 4.89. The van der Waals surface area contributed by atoms with Crippen molar-refractivity contribution in [3.8, 4) is 21.8 Å². The predicted octanol–water partition coefficient (Wildman–Crippen LogP) is 5.73. The van der Waals surface area contributed by atoms with E-state index in [1.165, 1.54) is 12.7 Å². The number of hydrogen-bond acceptors (Lipinski definition) is 6. The first-order valence-corrected chi connectivity index (χ1v) is 11.1. The molecule has 8 heteroatoms. The van der Waals surface area contributed by atoms with Gasteiger partial charge in [0.15, 0.2) is 5.65 Å². The lowest BCUT2D eigenvalue weighted by atomic mass is 9.93. The molecule has 30 heavy (non-hydrogen) atoms. The number of nitrogens with zero attached hydrogens (tertiary/aromatic N) is 5. The topological polar surface area (TPSA) is 82.5 Å². The van der Waals surface area contributed by atoms with Gasteiger partial charge in [-0.05, 0) is 48.9 Å². The summed E-state index contributed by atoms with van der Waals surface area (Å²) in [7, 11) is 0. The number of anilines is 1. The summed E-state index contributed by atoms with van der Waals surface area (Å²) < 4.78 is 1.99. The van der Waals surface area contributed by atoms with Crippen molar-refractivity contribution in [3.05, 3.63) is 53.1 Å². The number of pyridine rings is 1. The number of nitrogen functional groups attached to an aromatic ring is 1. The first-order valence-electron chi connectivity index (χ1n) is 9.82. The van der Waals surface area contributed by atoms with E-state index in [1.54, 1.807) is 11.3 Å². The van der Waals surface area contributed by atoms with Crippen molar-refractivity contribution in [3.63, 3.8) is 0 Å². The maximum absolute atomic E-state index is 6.71. The van der Waals surface area contributed by atoms with Crippen LogP contribution in [0, 0.1) is 0 Å². The zero-order chi connectivity index (χ0) is 20.2. The van der Waals surface area contributed by atoms with E-state index in [1.807, 2.05) is 28.9 Å². The Morgan fingerprint density at radius 2 is 2.03 bits per heavy atom. The minimum Gasteiger partial charge on any atom is -0.383 e. The highest BCUT2D eigenvalue weighted by Crippen LogP contribution is 2.40. The molecule has 0 amide bonds. The molecule has 4 heterocycles. The molecule has 148 valence electrons. The molecule has 5 aromatic rings. The number of hydrogen-bond donors (Lipinski definition) is 1. The van der Waals surface area contributed by atoms with Crippen molar-refractivity contribution >= 4 is 50.7 Å². The van der Waals surface area contributed by atoms with Crippen molar-refractivity contribution in [2.24, 2.45) is 0 Å². The van der Waals surface area contributed by atoms with Crippen LogP contribution in [-0.4, -0.2) is 24.7 Å². The molecular formula is C22H17ClN6S. The molecule has 0 saturated heterocycles. The van der Waals surface area contributed by atoms with Crippen LogP contribution in [0.2, 0.25) is 5.02 Å². The molecule has 0 atom stereocenters. The molecule has 1 saturated carbocycles. The number of fused-ring (bicyclic) bond motifs is 2. The zero-order valence-electron chi connectivity index (χ0n) is 15.9. The molecule has 6 rings (SSSR count). The summed E-state index contributed by atoms with van der Waals surface area (Å²) in [5.41, 5.74) is 10.3. The summed E-state index contributed by atoms with van der Waals surface area (Å²) in [6, 6.07) is 12.5. The third-order valence-electron chi connectivity index (χ3n) is 5.75. The average molecular weight is 433 g/mol. The Morgan fingerprint density at radius 3 is 2.80 bits per heavy atom. The first-order chi connectivity index (χ1) is 14.7. The number of halogens is 1. The van der Waals surface area contributed by atoms with E-state index in [4.69, 9.17) is 27.4 Å². The first kappa shape index (κ1) is 17.8. The molecular weight excluding hydrogens is 416 g/mol. The maximum atomic E-state index is 6.71. The Labute approximate surface area is 181 Å². The summed E-state index contributed by atoms with van der Waals surface area (Å²) in [4.78, 5) is 14.7. The molecule has 0 radical (unpaired) electrons. The van der Waals surface area contributed by atoms with E-state index in [2.05, 4.69) is 27.5 Å². The van der Waals surface area contributed by atoms with Crippen molar-refractivity contribution < 1.29 is 0 Å². The Kier molecular flexibility index (Phi) is 4.01. The van der Waals surface area contributed by atoms with Gasteiger partial charge < -0.3 is 5.73 Å². The normalized spacial score (nSPS) is 14.4. The van der Waals surface area contributed by atoms with Gasteiger partial charge in [0, 0.05) is 10.9 Å². The van der Waals surface area contributed by atoms with Gasteiger partial charge in [0.25, 0.3) is 0 Å². The summed E-state index contributed by atoms with van der Waals surface area (Å²) in [5.74, 6) is 0.414. The van der Waals surface area contributed by atoms with Crippen LogP contribution in [0.5, 0.6) is 0 Å². The number of nitrogens with two attached hydrogens (primary N) is 1. The third-order valence-corrected chi connectivity index (χ3v) is 6.95. The maximum Gasteiger partial charge on any atom is 0.164 e. The molecule has 4 aromatic heterocycles. The van der Waals surface area contributed by atoms with E-state index >= 15 is 0 Å². The Hall–Kier alpha value is -3.03. The SMILES string of the molecule is Nc1ncnc2c1c(-c1cc3nc(-c4cccs4)ccc3cc1Cl)nn2C1CCC1. The lowest BCUT2D eigenvalue weighted by molar-refractivity contribution is 0.296. The van der Waals surface area contributed by atoms with Gasteiger partial charge in [0.2, 0.25) is 0 Å². The van der Waals surface area contributed by atoms with Crippen LogP contribution in [0.15, 0.2) is 48.1 Å². The fraction of sp³-hybridized carbons (Fsp3) is 0.182. The highest BCUT2D eigenvalue weighted by molar-refractivity contribution is 7.13. The van der Waals surface area contributed by atoms with Crippen LogP contribution in [0.4, 0.5) is 5.82 Å². The second-order valence-corrected chi connectivity index (χ2v) is 8.89. The average Bonchev–Trinajstić information content (AvgIpc) is 3.36. The molecule has 0 unspecified atom stereocenters. The van der Waals surface area contributed by atoms with Crippen molar-refractivity contribution in [1.29, 1.82) is 0 Å². The van der Waals surface area contributed by atoms with E-state index in [0.29, 0.717) is 22.6 Å². The van der Waals surface area contributed by atoms with Gasteiger partial charge in [-0.1, -0.05) is 23.7 Å². The standard InChI is InChI=1S/C22H17ClN6S/c23-15-9-12-6-7-16(18-5-2-8-30-18)27-17(12)10-14(15)20-19-21(24)25-11-26-22(19)29(28-20)13-3-1-4-13/h2,5-11,13H,1,3-4H2,(H2,24,25,26). The molecule has 1 fully saturated rings. The van der Waals surface area contributed by atoms with Gasteiger partial charge in [-0.15, -0.1) is 11.3 Å². The molecule has 2 N–H and O–H groups in total. The molecule has 1 aliphatic carbocycles. The highest BCUT2D eigenvalue weighted by Gasteiger charge is 2.27. The van der Waals surface area contributed by atoms with Crippen molar-refractivity contribution in [2.45, 2.75) is 25.3 Å². The van der Waals surface area contributed by atoms with Gasteiger partial charge in [-0.2, -0.15) is 5.10 Å². The lowest BCUT2D eigenvalue weighted by Gasteiger charge is -2.25. The smallest absolute Gasteiger partial charge is 0.164 e. The monoisotopic (exact) mass is 432 g/mol. The largest absolute Gasteiger partial charge is 0.383 e. The third kappa shape index (κ3) is 2.69. The molecule has 0 bridgehead atoms. The number of thiophene rings is 1. The Morgan fingerprint density at radius 1 is 1.13 bits per heavy atom. The fourth-order valence-corrected chi connectivity index (χ4v) is 4.91. The molecule has 0 aliphatic heterocycles. The molecule has 1 aromatic carbocycles. The van der Waals surface area contributed by atoms with Gasteiger partial charge in [-0.25, -0.2) is 19.6 Å². The minimum atomic E-state index is 0.346. The van der Waals surface area contributed by atoms with Gasteiger partial charge >= 0.3 is 0 Å². The minimum absolute atomic E-state index is 0.346. The molecule has 1 aliphatic rings. The Bertz CT molecular complexity index is 1400. The second-order valence-electron chi connectivity index (χ2n) is 7.53. The number of benzene rings is 1. The van der Waals surface area contributed by atoms with Crippen molar-refractivity contribution in [1.82, 2.24) is 24.7 Å². The fourth-order valence-electron chi connectivity index (χ4n) is 3.96. The van der Waals surface area contributed by atoms with Crippen LogP contribution in [-0.2, 0) is 0 Å². The van der Waals surface area contributed by atoms with Crippen molar-refractivity contribution in [2.75, 3.05) is 5.73 Å². The molecule has 6 nitrogen and oxygen atoms in total. The van der Waals surface area contributed by atoms with Crippen LogP contribution < -0.4 is 5.73 Å². The second kappa shape index (κ2) is 6.75. The van der Waals surface area contributed by atoms with E-state index in [0.717, 1.165) is 50.9 Å². The number of aromatic nitrogens is 5. The lowest BCUT2D eigenvalue weighted by Crippen LogP contribution is -2.18. The van der Waals surface area contributed by atoms with Crippen LogP contribution >= 0.6 is 22.9 Å². The number of rotatable bonds is 3. The Balaban J connectivity index is 1.59. The van der Waals surface area contributed by atoms with Gasteiger partial charge in [0.1, 0.15) is 17.8 Å². The predicted molar refractivity (Wildman–Crippen MR) is 122 cm³/mol. The van der Waals surface area contributed by atoms with Gasteiger partial charge in [-0.3, -0.25) is 0 Å². The van der Waals surface area contributed by atoms with E-state index < -0.39 is 0 Å². The quantitative estimate of drug-likeness (QED) is 0.393. The van der Waals surface area contributed by atoms with E-state index in [-0.39, 0.29) is 0 Å². The summed E-state index contributed by atoms with van der Waals surface area (Å²) in [5, 5.41) is 9.30. The zero-order valence-corrected chi connectivity index (χ0v) is 17.5. The summed E-state index contributed by atoms with van der Waals surface area (Å²) >= 11 is 8.38. The van der Waals surface area contributed by atoms with Crippen LogP contribution in [0.25, 0.3) is 43.8 Å².